The van der Waals surface area contributed by atoms with Crippen molar-refractivity contribution >= 4 is 88.0 Å². The summed E-state index contributed by atoms with van der Waals surface area (Å²) >= 11 is 4.84. The number of hydrogen-bond donors (Lipinski definition) is 3. The van der Waals surface area contributed by atoms with Crippen molar-refractivity contribution < 1.29 is 19.4 Å². The van der Waals surface area contributed by atoms with Gasteiger partial charge in [-0.1, -0.05) is 7.43 Å². The Morgan fingerprint density at radius 1 is 1.54 bits per heavy atom. The molecule has 0 amide bonds. The number of aliphatic carboxylic acids is 1. The average Bonchev–Trinajstić information content (AvgIpc) is 2.81. The summed E-state index contributed by atoms with van der Waals surface area (Å²) in [6.45, 7) is 0.500. The Balaban J connectivity index is -0.000000119. The van der Waals surface area contributed by atoms with Crippen LogP contribution in [0.3, 0.4) is 0 Å². The van der Waals surface area contributed by atoms with Crippen LogP contribution in [-0.4, -0.2) is 112 Å². The second kappa shape index (κ2) is 24.9. The van der Waals surface area contributed by atoms with Gasteiger partial charge in [-0.3, -0.25) is 4.79 Å². The molecule has 6 nitrogen and oxygen atoms in total. The van der Waals surface area contributed by atoms with Crippen LogP contribution in [0.2, 0.25) is 28.6 Å². The molecule has 1 heterocycles. The third-order valence-electron chi connectivity index (χ3n) is 1.93. The van der Waals surface area contributed by atoms with E-state index < -0.39 is 12.0 Å². The monoisotopic (exact) mass is 622 g/mol. The number of carbonyl (C=O) groups is 2. The minimum absolute atomic E-state index is 0. The molecule has 1 aliphatic rings. The van der Waals surface area contributed by atoms with E-state index in [4.69, 9.17) is 16.6 Å². The van der Waals surface area contributed by atoms with Crippen LogP contribution in [0.25, 0.3) is 0 Å². The predicted molar refractivity (Wildman–Crippen MR) is 108 cm³/mol. The number of esters is 1. The van der Waals surface area contributed by atoms with Crippen molar-refractivity contribution in [2.24, 2.45) is 11.5 Å². The third kappa shape index (κ3) is 31.7. The number of carboxylic acids is 1. The fourth-order valence-electron chi connectivity index (χ4n) is 0.880. The van der Waals surface area contributed by atoms with Crippen LogP contribution in [0.15, 0.2) is 0 Å². The molecule has 2 unspecified atom stereocenters. The van der Waals surface area contributed by atoms with Gasteiger partial charge in [-0.25, -0.2) is 0 Å². The summed E-state index contributed by atoms with van der Waals surface area (Å²) in [5.41, 5.74) is 10.4. The SMILES string of the molecule is C.C[Se](C)=[Se].C[Se]CCC(N)C(=O)O.C[Se][Na].NC1CCOC1=O. The predicted octanol–water partition coefficient (Wildman–Crippen LogP) is 0.0839. The largest absolute Gasteiger partial charge is 0.464 e. The molecule has 0 aromatic rings. The van der Waals surface area contributed by atoms with Gasteiger partial charge in [0.25, 0.3) is 0 Å². The number of carbonyl (C=O) groups excluding carboxylic acids is 1. The summed E-state index contributed by atoms with van der Waals surface area (Å²) in [5.74, 6) is 7.64. The van der Waals surface area contributed by atoms with Crippen LogP contribution >= 0.6 is 0 Å². The molecule has 0 spiro atoms. The van der Waals surface area contributed by atoms with E-state index in [1.54, 1.807) is 0 Å². The van der Waals surface area contributed by atoms with Crippen LogP contribution < -0.4 is 11.5 Å². The molecule has 1 aliphatic heterocycles. The molecule has 1 rings (SSSR count). The average molecular weight is 618 g/mol. The first-order valence-corrected chi connectivity index (χ1v) is 25.0. The number of nitrogens with two attached hydrogens (primary N) is 2. The number of rotatable bonds is 4. The second-order valence-corrected chi connectivity index (χ2v) is 22.8. The molecular weight excluding hydrogens is 587 g/mol. The molecule has 0 saturated carbocycles. The van der Waals surface area contributed by atoms with Crippen LogP contribution in [0.5, 0.6) is 0 Å². The van der Waals surface area contributed by atoms with E-state index in [0.717, 1.165) is 15.8 Å². The Kier molecular flexibility index (Phi) is 34.8. The number of cyclic esters (lactones) is 1. The van der Waals surface area contributed by atoms with E-state index in [0.29, 0.717) is 34.4 Å². The van der Waals surface area contributed by atoms with Crippen molar-refractivity contribution in [3.63, 3.8) is 0 Å². The first kappa shape index (κ1) is 33.5. The summed E-state index contributed by atoms with van der Waals surface area (Å²) in [4.78, 5) is 20.3. The third-order valence-corrected chi connectivity index (χ3v) is 3.28. The first-order valence-electron chi connectivity index (χ1n) is 6.68. The molecule has 0 aliphatic carbocycles. The molecule has 0 aromatic heterocycles. The van der Waals surface area contributed by atoms with Crippen LogP contribution in [0, 0.1) is 0 Å². The van der Waals surface area contributed by atoms with Gasteiger partial charge in [0.05, 0.1) is 6.61 Å². The normalized spacial score (nSPS) is 16.0. The maximum absolute atomic E-state index is 10.2. The molecule has 5 N–H and O–H groups in total. The van der Waals surface area contributed by atoms with E-state index in [9.17, 15) is 9.59 Å². The van der Waals surface area contributed by atoms with Gasteiger partial charge < -0.3 is 10.5 Å². The van der Waals surface area contributed by atoms with E-state index in [-0.39, 0.29) is 31.0 Å². The summed E-state index contributed by atoms with van der Waals surface area (Å²) in [7, 11) is 1.01. The van der Waals surface area contributed by atoms with Gasteiger partial charge in [0.1, 0.15) is 6.04 Å². The maximum Gasteiger partial charge on any atom is 0.323 e. The molecule has 0 aromatic carbocycles. The van der Waals surface area contributed by atoms with E-state index in [1.165, 1.54) is 25.4 Å². The maximum atomic E-state index is 10.2. The van der Waals surface area contributed by atoms with E-state index in [2.05, 4.69) is 41.7 Å². The molecule has 1 saturated heterocycles. The van der Waals surface area contributed by atoms with Gasteiger partial charge in [0.2, 0.25) is 0 Å². The Morgan fingerprint density at radius 3 is 2.12 bits per heavy atom. The molecule has 1 fully saturated rings. The molecular formula is C13H31N2NaO4Se4. The van der Waals surface area contributed by atoms with E-state index in [1.807, 2.05) is 0 Å². The molecule has 11 heteroatoms. The minimum atomic E-state index is -0.890. The van der Waals surface area contributed by atoms with Crippen molar-refractivity contribution in [3.8, 4) is 0 Å². The van der Waals surface area contributed by atoms with Gasteiger partial charge in [-0.05, 0) is 0 Å². The molecule has 0 bridgehead atoms. The smallest absolute Gasteiger partial charge is 0.323 e. The van der Waals surface area contributed by atoms with Gasteiger partial charge in [0, 0.05) is 6.42 Å². The zero-order valence-electron chi connectivity index (χ0n) is 14.4. The standard InChI is InChI=1S/C5H11NO2Se.C4H7NO2.C2H6Se2.CH4Se.CH4.Na/c1-9-3-2-4(6)5(7)8;5-3-1-2-7-4(3)6;1-4(2)3;1-2;;/h4H,2-3,6H2,1H3,(H,7,8);3H,1-2,5H2;1-2H3;2H,1H3;1H4;/q;;;;;+1/p-1. The van der Waals surface area contributed by atoms with Gasteiger partial charge in [-0.15, -0.1) is 0 Å². The van der Waals surface area contributed by atoms with Gasteiger partial charge in [-0.2, -0.15) is 0 Å². The van der Waals surface area contributed by atoms with Crippen LogP contribution in [-0.2, 0) is 14.3 Å². The molecule has 142 valence electrons. The zero-order chi connectivity index (χ0) is 18.8. The molecule has 2 atom stereocenters. The zero-order valence-corrected chi connectivity index (χ0v) is 23.3. The minimum Gasteiger partial charge on any atom is -0.464 e. The van der Waals surface area contributed by atoms with Crippen molar-refractivity contribution in [3.05, 3.63) is 0 Å². The van der Waals surface area contributed by atoms with Gasteiger partial charge in [0.15, 0.2) is 0 Å². The van der Waals surface area contributed by atoms with Crippen molar-refractivity contribution in [1.82, 2.24) is 0 Å². The second-order valence-electron chi connectivity index (χ2n) is 4.44. The van der Waals surface area contributed by atoms with Crippen LogP contribution in [0.4, 0.5) is 0 Å². The van der Waals surface area contributed by atoms with Crippen molar-refractivity contribution in [2.75, 3.05) is 6.61 Å². The topological polar surface area (TPSA) is 116 Å². The Morgan fingerprint density at radius 2 is 1.96 bits per heavy atom. The summed E-state index contributed by atoms with van der Waals surface area (Å²) < 4.78 is 4.50. The fourth-order valence-corrected chi connectivity index (χ4v) is 1.91. The van der Waals surface area contributed by atoms with Crippen molar-refractivity contribution in [2.45, 2.75) is 61.0 Å². The quantitative estimate of drug-likeness (QED) is 0.304. The molecule has 24 heavy (non-hydrogen) atoms. The Bertz CT molecular complexity index is 335. The number of hydrogen-bond acceptors (Lipinski definition) is 5. The Hall–Kier alpha value is 1.94. The Labute approximate surface area is 184 Å². The number of ether oxygens (including phenoxy) is 1. The van der Waals surface area contributed by atoms with Crippen LogP contribution in [0.1, 0.15) is 20.3 Å². The van der Waals surface area contributed by atoms with E-state index >= 15 is 0 Å². The van der Waals surface area contributed by atoms with Crippen molar-refractivity contribution in [1.29, 1.82) is 0 Å². The number of carboxylic acid groups (broad SMARTS) is 1. The molecule has 0 radical (unpaired) electrons. The first-order chi connectivity index (χ1) is 10.6. The summed E-state index contributed by atoms with van der Waals surface area (Å²) in [6, 6.07) is -0.994. The van der Waals surface area contributed by atoms with Gasteiger partial charge >= 0.3 is 145 Å². The summed E-state index contributed by atoms with van der Waals surface area (Å²) in [6.07, 6.45) is 1.30. The fraction of sp³-hybridized carbons (Fsp3) is 0.846. The summed E-state index contributed by atoms with van der Waals surface area (Å²) in [5, 5.41) is 9.25.